The van der Waals surface area contributed by atoms with Crippen molar-refractivity contribution in [2.24, 2.45) is 0 Å². The summed E-state index contributed by atoms with van der Waals surface area (Å²) in [6.45, 7) is 4.16. The average Bonchev–Trinajstić information content (AvgIpc) is 2.38. The van der Waals surface area contributed by atoms with Crippen LogP contribution >= 0.6 is 23.2 Å². The Hall–Kier alpha value is -0.810. The van der Waals surface area contributed by atoms with Crippen molar-refractivity contribution in [3.8, 4) is 0 Å². The Balaban J connectivity index is 2.04. The molecular weight excluding hydrogens is 285 g/mol. The molecule has 0 spiro atoms. The van der Waals surface area contributed by atoms with Crippen molar-refractivity contribution >= 4 is 34.7 Å². The number of nitrogens with two attached hydrogens (primary N) is 1. The van der Waals surface area contributed by atoms with Gasteiger partial charge in [-0.25, -0.2) is 0 Å². The Bertz CT molecular complexity index is 462. The number of nitrogen functional groups attached to an aromatic ring is 1. The molecule has 2 N–H and O–H groups in total. The number of piperazine rings is 1. The lowest BCUT2D eigenvalue weighted by molar-refractivity contribution is 0.0876. The van der Waals surface area contributed by atoms with Gasteiger partial charge in [-0.3, -0.25) is 9.69 Å². The summed E-state index contributed by atoms with van der Waals surface area (Å²) in [5.74, 6) is 0.0216. The van der Waals surface area contributed by atoms with Gasteiger partial charge in [0.25, 0.3) is 0 Å². The van der Waals surface area contributed by atoms with Gasteiger partial charge in [-0.15, -0.1) is 0 Å². The van der Waals surface area contributed by atoms with Crippen LogP contribution in [0.4, 0.5) is 5.69 Å². The maximum absolute atomic E-state index is 12.2. The number of hydrogen-bond acceptors (Lipinski definition) is 4. The second-order valence-electron chi connectivity index (χ2n) is 4.86. The van der Waals surface area contributed by atoms with E-state index < -0.39 is 0 Å². The molecule has 6 heteroatoms. The number of carbonyl (C=O) groups is 1. The Morgan fingerprint density at radius 1 is 1.21 bits per heavy atom. The minimum atomic E-state index is 0.0216. The normalized spacial score (nSPS) is 17.6. The summed E-state index contributed by atoms with van der Waals surface area (Å²) >= 11 is 11.9. The van der Waals surface area contributed by atoms with E-state index >= 15 is 0 Å². The maximum atomic E-state index is 12.2. The van der Waals surface area contributed by atoms with Gasteiger partial charge in [0.05, 0.1) is 22.3 Å². The standard InChI is InChI=1S/C13H17Cl2N3O/c1-17-2-4-18(5-3-17)8-12(19)9-6-10(14)13(16)11(15)7-9/h6-7H,2-5,8,16H2,1H3. The topological polar surface area (TPSA) is 49.6 Å². The molecule has 0 aliphatic carbocycles. The van der Waals surface area contributed by atoms with Crippen LogP contribution in [0.1, 0.15) is 10.4 Å². The highest BCUT2D eigenvalue weighted by Gasteiger charge is 2.18. The van der Waals surface area contributed by atoms with Gasteiger partial charge >= 0.3 is 0 Å². The molecule has 0 bridgehead atoms. The van der Waals surface area contributed by atoms with Gasteiger partial charge in [-0.1, -0.05) is 23.2 Å². The molecule has 1 aromatic rings. The van der Waals surface area contributed by atoms with Crippen LogP contribution in [-0.2, 0) is 0 Å². The minimum Gasteiger partial charge on any atom is -0.396 e. The first-order chi connectivity index (χ1) is 8.97. The quantitative estimate of drug-likeness (QED) is 0.685. The third-order valence-corrected chi connectivity index (χ3v) is 3.99. The van der Waals surface area contributed by atoms with Gasteiger partial charge in [-0.05, 0) is 19.2 Å². The number of anilines is 1. The Labute approximate surface area is 123 Å². The molecule has 0 amide bonds. The lowest BCUT2D eigenvalue weighted by Gasteiger charge is -2.31. The predicted octanol–water partition coefficient (Wildman–Crippen LogP) is 2.01. The predicted molar refractivity (Wildman–Crippen MR) is 79.1 cm³/mol. The van der Waals surface area contributed by atoms with Crippen LogP contribution in [0.3, 0.4) is 0 Å². The average molecular weight is 302 g/mol. The zero-order valence-corrected chi connectivity index (χ0v) is 12.3. The molecule has 0 atom stereocenters. The van der Waals surface area contributed by atoms with E-state index in [4.69, 9.17) is 28.9 Å². The molecule has 0 saturated carbocycles. The lowest BCUT2D eigenvalue weighted by Crippen LogP contribution is -2.46. The molecule has 0 aromatic heterocycles. The number of carbonyl (C=O) groups excluding carboxylic acids is 1. The van der Waals surface area contributed by atoms with E-state index in [-0.39, 0.29) is 5.78 Å². The molecule has 1 aliphatic heterocycles. The zero-order chi connectivity index (χ0) is 14.0. The highest BCUT2D eigenvalue weighted by Crippen LogP contribution is 2.29. The Morgan fingerprint density at radius 2 is 1.74 bits per heavy atom. The summed E-state index contributed by atoms with van der Waals surface area (Å²) in [6, 6.07) is 3.17. The van der Waals surface area contributed by atoms with Crippen molar-refractivity contribution in [2.45, 2.75) is 0 Å². The number of halogens is 2. The van der Waals surface area contributed by atoms with E-state index in [2.05, 4.69) is 16.8 Å². The number of hydrogen-bond donors (Lipinski definition) is 1. The van der Waals surface area contributed by atoms with E-state index in [1.165, 1.54) is 0 Å². The van der Waals surface area contributed by atoms with Gasteiger partial charge in [0.1, 0.15) is 0 Å². The summed E-state index contributed by atoms with van der Waals surface area (Å²) in [5.41, 5.74) is 6.50. The van der Waals surface area contributed by atoms with Crippen molar-refractivity contribution in [1.29, 1.82) is 0 Å². The van der Waals surface area contributed by atoms with Crippen LogP contribution in [0.15, 0.2) is 12.1 Å². The van der Waals surface area contributed by atoms with E-state index in [0.29, 0.717) is 27.8 Å². The van der Waals surface area contributed by atoms with Crippen molar-refractivity contribution in [1.82, 2.24) is 9.80 Å². The Morgan fingerprint density at radius 3 is 2.26 bits per heavy atom. The molecule has 4 nitrogen and oxygen atoms in total. The maximum Gasteiger partial charge on any atom is 0.176 e. The minimum absolute atomic E-state index is 0.0216. The molecule has 1 saturated heterocycles. The molecule has 104 valence electrons. The molecule has 19 heavy (non-hydrogen) atoms. The third kappa shape index (κ3) is 3.60. The molecule has 1 aromatic carbocycles. The number of benzene rings is 1. The summed E-state index contributed by atoms with van der Waals surface area (Å²) < 4.78 is 0. The zero-order valence-electron chi connectivity index (χ0n) is 10.8. The molecule has 1 fully saturated rings. The first kappa shape index (κ1) is 14.6. The van der Waals surface area contributed by atoms with Crippen LogP contribution in [0.5, 0.6) is 0 Å². The van der Waals surface area contributed by atoms with Gasteiger partial charge < -0.3 is 10.6 Å². The van der Waals surface area contributed by atoms with Gasteiger partial charge in [0.2, 0.25) is 0 Å². The van der Waals surface area contributed by atoms with Gasteiger partial charge in [-0.2, -0.15) is 0 Å². The van der Waals surface area contributed by atoms with Crippen LogP contribution < -0.4 is 5.73 Å². The summed E-state index contributed by atoms with van der Waals surface area (Å²) in [4.78, 5) is 16.6. The largest absolute Gasteiger partial charge is 0.396 e. The SMILES string of the molecule is CN1CCN(CC(=O)c2cc(Cl)c(N)c(Cl)c2)CC1. The fourth-order valence-corrected chi connectivity index (χ4v) is 2.53. The van der Waals surface area contributed by atoms with E-state index in [0.717, 1.165) is 26.2 Å². The van der Waals surface area contributed by atoms with Crippen LogP contribution in [0.2, 0.25) is 10.0 Å². The van der Waals surface area contributed by atoms with Crippen molar-refractivity contribution in [2.75, 3.05) is 45.5 Å². The molecule has 2 rings (SSSR count). The lowest BCUT2D eigenvalue weighted by atomic mass is 10.1. The molecule has 1 heterocycles. The van der Waals surface area contributed by atoms with E-state index in [1.807, 2.05) is 0 Å². The smallest absolute Gasteiger partial charge is 0.176 e. The number of Topliss-reactive ketones (excluding diaryl/α,β-unsaturated/α-hetero) is 1. The summed E-state index contributed by atoms with van der Waals surface area (Å²) in [7, 11) is 2.08. The van der Waals surface area contributed by atoms with Gasteiger partial charge in [0.15, 0.2) is 5.78 Å². The Kier molecular flexibility index (Phi) is 4.68. The fourth-order valence-electron chi connectivity index (χ4n) is 2.05. The van der Waals surface area contributed by atoms with Crippen molar-refractivity contribution < 1.29 is 4.79 Å². The van der Waals surface area contributed by atoms with Crippen LogP contribution in [0.25, 0.3) is 0 Å². The van der Waals surface area contributed by atoms with Crippen molar-refractivity contribution in [3.05, 3.63) is 27.7 Å². The monoisotopic (exact) mass is 301 g/mol. The van der Waals surface area contributed by atoms with E-state index in [1.54, 1.807) is 12.1 Å². The van der Waals surface area contributed by atoms with Crippen LogP contribution in [0, 0.1) is 0 Å². The van der Waals surface area contributed by atoms with Gasteiger partial charge in [0, 0.05) is 31.7 Å². The van der Waals surface area contributed by atoms with Crippen LogP contribution in [-0.4, -0.2) is 55.4 Å². The third-order valence-electron chi connectivity index (χ3n) is 3.36. The second kappa shape index (κ2) is 6.09. The number of nitrogens with zero attached hydrogens (tertiary/aromatic N) is 2. The first-order valence-electron chi connectivity index (χ1n) is 6.16. The number of ketones is 1. The summed E-state index contributed by atoms with van der Waals surface area (Å²) in [6.07, 6.45) is 0. The first-order valence-corrected chi connectivity index (χ1v) is 6.91. The highest BCUT2D eigenvalue weighted by molar-refractivity contribution is 6.39. The molecule has 0 unspecified atom stereocenters. The second-order valence-corrected chi connectivity index (χ2v) is 5.67. The van der Waals surface area contributed by atoms with Crippen molar-refractivity contribution in [3.63, 3.8) is 0 Å². The molecule has 1 aliphatic rings. The number of rotatable bonds is 3. The highest BCUT2D eigenvalue weighted by atomic mass is 35.5. The molecular formula is C13H17Cl2N3O. The summed E-state index contributed by atoms with van der Waals surface area (Å²) in [5, 5.41) is 0.656. The van der Waals surface area contributed by atoms with E-state index in [9.17, 15) is 4.79 Å². The molecule has 0 radical (unpaired) electrons. The fraction of sp³-hybridized carbons (Fsp3) is 0.462. The number of likely N-dealkylation sites (N-methyl/N-ethyl adjacent to an activating group) is 1.